The standard InChI is InChI=1S/C31H26ClN3O6/c1-3-40-28-16-20(10-15-27(28)41-31(38)21-11-13-24(32)14-12-21)19-33-35-30(37)22-6-4-8-25(17-22)34-29(36)23-7-5-9-26(18-23)39-2/h4-19H,3H2,1-2H3,(H,34,36)(H,35,37). The lowest BCUT2D eigenvalue weighted by molar-refractivity contribution is 0.0728. The number of amides is 2. The van der Waals surface area contributed by atoms with Crippen LogP contribution in [0.2, 0.25) is 5.02 Å². The lowest BCUT2D eigenvalue weighted by Gasteiger charge is -2.11. The van der Waals surface area contributed by atoms with Crippen LogP contribution in [0.25, 0.3) is 0 Å². The molecule has 41 heavy (non-hydrogen) atoms. The summed E-state index contributed by atoms with van der Waals surface area (Å²) >= 11 is 5.88. The van der Waals surface area contributed by atoms with Gasteiger partial charge in [-0.05, 0) is 91.3 Å². The van der Waals surface area contributed by atoms with E-state index in [1.165, 1.54) is 13.3 Å². The first-order valence-electron chi connectivity index (χ1n) is 12.5. The van der Waals surface area contributed by atoms with Crippen molar-refractivity contribution in [3.05, 3.63) is 118 Å². The van der Waals surface area contributed by atoms with E-state index in [0.29, 0.717) is 51.1 Å². The minimum absolute atomic E-state index is 0.237. The number of halogens is 1. The smallest absolute Gasteiger partial charge is 0.343 e. The lowest BCUT2D eigenvalue weighted by atomic mass is 10.1. The number of carbonyl (C=O) groups excluding carboxylic acids is 3. The summed E-state index contributed by atoms with van der Waals surface area (Å²) in [5, 5.41) is 7.30. The third-order valence-corrected chi connectivity index (χ3v) is 5.90. The van der Waals surface area contributed by atoms with Crippen molar-refractivity contribution in [3.63, 3.8) is 0 Å². The first kappa shape index (κ1) is 28.8. The Morgan fingerprint density at radius 2 is 1.56 bits per heavy atom. The van der Waals surface area contributed by atoms with Crippen molar-refractivity contribution in [3.8, 4) is 17.2 Å². The average Bonchev–Trinajstić information content (AvgIpc) is 2.99. The fourth-order valence-electron chi connectivity index (χ4n) is 3.64. The van der Waals surface area contributed by atoms with E-state index in [4.69, 9.17) is 25.8 Å². The Balaban J connectivity index is 1.39. The van der Waals surface area contributed by atoms with Crippen LogP contribution in [-0.4, -0.2) is 37.7 Å². The molecule has 0 aromatic heterocycles. The molecular formula is C31H26ClN3O6. The number of nitrogens with zero attached hydrogens (tertiary/aromatic N) is 1. The van der Waals surface area contributed by atoms with Crippen LogP contribution in [0.15, 0.2) is 96.1 Å². The van der Waals surface area contributed by atoms with Crippen molar-refractivity contribution >= 4 is 41.3 Å². The Morgan fingerprint density at radius 1 is 0.829 bits per heavy atom. The quantitative estimate of drug-likeness (QED) is 0.105. The van der Waals surface area contributed by atoms with Crippen molar-refractivity contribution in [1.82, 2.24) is 5.43 Å². The Morgan fingerprint density at radius 3 is 2.29 bits per heavy atom. The van der Waals surface area contributed by atoms with Crippen molar-refractivity contribution in [2.45, 2.75) is 6.92 Å². The molecule has 0 saturated heterocycles. The van der Waals surface area contributed by atoms with Gasteiger partial charge in [-0.25, -0.2) is 10.2 Å². The van der Waals surface area contributed by atoms with Crippen LogP contribution in [0, 0.1) is 0 Å². The lowest BCUT2D eigenvalue weighted by Crippen LogP contribution is -2.18. The Kier molecular flexibility index (Phi) is 9.69. The number of carbonyl (C=O) groups is 3. The first-order chi connectivity index (χ1) is 19.9. The zero-order valence-electron chi connectivity index (χ0n) is 22.2. The van der Waals surface area contributed by atoms with E-state index >= 15 is 0 Å². The van der Waals surface area contributed by atoms with Crippen LogP contribution >= 0.6 is 11.6 Å². The minimum atomic E-state index is -0.557. The summed E-state index contributed by atoms with van der Waals surface area (Å²) in [5.41, 5.74) is 4.56. The molecule has 0 radical (unpaired) electrons. The van der Waals surface area contributed by atoms with E-state index in [9.17, 15) is 14.4 Å². The predicted octanol–water partition coefficient (Wildman–Crippen LogP) is 5.98. The SMILES string of the molecule is CCOc1cc(C=NNC(=O)c2cccc(NC(=O)c3cccc(OC)c3)c2)ccc1OC(=O)c1ccc(Cl)cc1. The molecule has 2 N–H and O–H groups in total. The zero-order chi connectivity index (χ0) is 29.2. The Bertz CT molecular complexity index is 1590. The first-order valence-corrected chi connectivity index (χ1v) is 12.9. The van der Waals surface area contributed by atoms with Crippen LogP contribution in [0.3, 0.4) is 0 Å². The number of rotatable bonds is 10. The monoisotopic (exact) mass is 571 g/mol. The molecule has 0 atom stereocenters. The molecule has 0 spiro atoms. The van der Waals surface area contributed by atoms with Gasteiger partial charge in [0.15, 0.2) is 11.5 Å². The van der Waals surface area contributed by atoms with E-state index in [1.807, 2.05) is 0 Å². The third kappa shape index (κ3) is 7.93. The number of anilines is 1. The van der Waals surface area contributed by atoms with Gasteiger partial charge in [0.05, 0.1) is 25.5 Å². The largest absolute Gasteiger partial charge is 0.497 e. The second kappa shape index (κ2) is 13.8. The van der Waals surface area contributed by atoms with Gasteiger partial charge in [-0.15, -0.1) is 0 Å². The van der Waals surface area contributed by atoms with Crippen molar-refractivity contribution < 1.29 is 28.6 Å². The van der Waals surface area contributed by atoms with Crippen molar-refractivity contribution in [2.75, 3.05) is 19.0 Å². The van der Waals surface area contributed by atoms with Crippen LogP contribution in [0.4, 0.5) is 5.69 Å². The number of methoxy groups -OCH3 is 1. The molecule has 0 fully saturated rings. The molecule has 0 aliphatic rings. The van der Waals surface area contributed by atoms with Crippen LogP contribution in [0.1, 0.15) is 43.6 Å². The maximum Gasteiger partial charge on any atom is 0.343 e. The number of hydrazone groups is 1. The molecule has 0 aliphatic heterocycles. The highest BCUT2D eigenvalue weighted by Crippen LogP contribution is 2.29. The van der Waals surface area contributed by atoms with E-state index in [2.05, 4.69) is 15.8 Å². The summed E-state index contributed by atoms with van der Waals surface area (Å²) in [5.74, 6) is -0.238. The number of hydrogen-bond donors (Lipinski definition) is 2. The van der Waals surface area contributed by atoms with E-state index in [1.54, 1.807) is 97.9 Å². The zero-order valence-corrected chi connectivity index (χ0v) is 23.0. The summed E-state index contributed by atoms with van der Waals surface area (Å²) in [6.45, 7) is 2.15. The Labute approximate surface area is 241 Å². The Hall–Kier alpha value is -5.15. The van der Waals surface area contributed by atoms with Crippen molar-refractivity contribution in [2.24, 2.45) is 5.10 Å². The molecular weight excluding hydrogens is 546 g/mol. The molecule has 208 valence electrons. The fraction of sp³-hybridized carbons (Fsp3) is 0.0968. The van der Waals surface area contributed by atoms with Gasteiger partial charge in [0.25, 0.3) is 11.8 Å². The van der Waals surface area contributed by atoms with Gasteiger partial charge in [0, 0.05) is 21.8 Å². The normalized spacial score (nSPS) is 10.6. The molecule has 0 bridgehead atoms. The molecule has 0 saturated carbocycles. The second-order valence-electron chi connectivity index (χ2n) is 8.50. The highest BCUT2D eigenvalue weighted by Gasteiger charge is 2.14. The van der Waals surface area contributed by atoms with Gasteiger partial charge in [0.1, 0.15) is 5.75 Å². The van der Waals surface area contributed by atoms with Gasteiger partial charge in [0.2, 0.25) is 0 Å². The summed E-state index contributed by atoms with van der Waals surface area (Å²) in [6.07, 6.45) is 1.43. The van der Waals surface area contributed by atoms with Gasteiger partial charge >= 0.3 is 5.97 Å². The topological polar surface area (TPSA) is 115 Å². The van der Waals surface area contributed by atoms with Gasteiger partial charge in [-0.2, -0.15) is 5.10 Å². The van der Waals surface area contributed by atoms with Gasteiger partial charge in [-0.3, -0.25) is 9.59 Å². The predicted molar refractivity (Wildman–Crippen MR) is 156 cm³/mol. The number of benzene rings is 4. The molecule has 4 rings (SSSR count). The highest BCUT2D eigenvalue weighted by atomic mass is 35.5. The van der Waals surface area contributed by atoms with Gasteiger partial charge in [-0.1, -0.05) is 23.7 Å². The van der Waals surface area contributed by atoms with Crippen LogP contribution < -0.4 is 25.0 Å². The second-order valence-corrected chi connectivity index (χ2v) is 8.94. The minimum Gasteiger partial charge on any atom is -0.497 e. The summed E-state index contributed by atoms with van der Waals surface area (Å²) < 4.78 is 16.3. The maximum atomic E-state index is 12.7. The molecule has 9 nitrogen and oxygen atoms in total. The molecule has 4 aromatic carbocycles. The maximum absolute atomic E-state index is 12.7. The van der Waals surface area contributed by atoms with Crippen molar-refractivity contribution in [1.29, 1.82) is 0 Å². The number of ether oxygens (including phenoxy) is 3. The summed E-state index contributed by atoms with van der Waals surface area (Å²) in [7, 11) is 1.52. The molecule has 0 heterocycles. The number of esters is 1. The van der Waals surface area contributed by atoms with E-state index in [-0.39, 0.29) is 11.7 Å². The van der Waals surface area contributed by atoms with E-state index < -0.39 is 11.9 Å². The highest BCUT2D eigenvalue weighted by molar-refractivity contribution is 6.30. The van der Waals surface area contributed by atoms with Gasteiger partial charge < -0.3 is 19.5 Å². The number of nitrogens with one attached hydrogen (secondary N) is 2. The average molecular weight is 572 g/mol. The summed E-state index contributed by atoms with van der Waals surface area (Å²) in [4.78, 5) is 37.8. The summed E-state index contributed by atoms with van der Waals surface area (Å²) in [6, 6.07) is 24.4. The van der Waals surface area contributed by atoms with Crippen LogP contribution in [0.5, 0.6) is 17.2 Å². The van der Waals surface area contributed by atoms with Crippen LogP contribution in [-0.2, 0) is 0 Å². The fourth-order valence-corrected chi connectivity index (χ4v) is 3.76. The molecule has 4 aromatic rings. The van der Waals surface area contributed by atoms with E-state index in [0.717, 1.165) is 0 Å². The number of hydrogen-bond acceptors (Lipinski definition) is 7. The molecule has 10 heteroatoms. The molecule has 2 amide bonds. The molecule has 0 aliphatic carbocycles. The molecule has 0 unspecified atom stereocenters. The third-order valence-electron chi connectivity index (χ3n) is 5.64.